The molecule has 1 heterocycles. The van der Waals surface area contributed by atoms with E-state index in [1.54, 1.807) is 6.92 Å². The number of ether oxygens (including phenoxy) is 1. The van der Waals surface area contributed by atoms with Gasteiger partial charge in [0.25, 0.3) is 0 Å². The highest BCUT2D eigenvalue weighted by Gasteiger charge is 2.24. The molecule has 2 nitrogen and oxygen atoms in total. The van der Waals surface area contributed by atoms with Crippen LogP contribution < -0.4 is 0 Å². The first-order valence-corrected chi connectivity index (χ1v) is 5.02. The fraction of sp³-hybridized carbons (Fsp3) is 0.727. The first-order chi connectivity index (χ1) is 6.15. The van der Waals surface area contributed by atoms with Crippen molar-refractivity contribution in [1.29, 1.82) is 0 Å². The van der Waals surface area contributed by atoms with E-state index in [1.165, 1.54) is 12.8 Å². The van der Waals surface area contributed by atoms with Gasteiger partial charge in [-0.1, -0.05) is 19.8 Å². The third-order valence-corrected chi connectivity index (χ3v) is 2.50. The molecule has 2 heteroatoms. The molecule has 0 aromatic rings. The normalized spacial score (nSPS) is 21.9. The summed E-state index contributed by atoms with van der Waals surface area (Å²) in [5.74, 6) is 1.00. The largest absolute Gasteiger partial charge is 0.494 e. The third-order valence-electron chi connectivity index (χ3n) is 2.50. The van der Waals surface area contributed by atoms with Crippen molar-refractivity contribution in [1.82, 2.24) is 0 Å². The fourth-order valence-corrected chi connectivity index (χ4v) is 1.72. The standard InChI is InChI=1S/C11H18O2/c1-4-5-6-10-7-11(8(2)12)9(3)13-10/h10H,4-7H2,1-3H3. The van der Waals surface area contributed by atoms with E-state index < -0.39 is 0 Å². The molecule has 0 N–H and O–H groups in total. The summed E-state index contributed by atoms with van der Waals surface area (Å²) in [7, 11) is 0. The number of unbranched alkanes of at least 4 members (excludes halogenated alkanes) is 1. The van der Waals surface area contributed by atoms with E-state index in [0.717, 1.165) is 24.2 Å². The molecule has 0 saturated carbocycles. The number of allylic oxidation sites excluding steroid dienone is 1. The first-order valence-electron chi connectivity index (χ1n) is 5.02. The van der Waals surface area contributed by atoms with Crippen LogP contribution in [-0.2, 0) is 9.53 Å². The van der Waals surface area contributed by atoms with Crippen molar-refractivity contribution in [3.05, 3.63) is 11.3 Å². The van der Waals surface area contributed by atoms with Crippen molar-refractivity contribution < 1.29 is 9.53 Å². The molecule has 0 saturated heterocycles. The number of hydrogen-bond acceptors (Lipinski definition) is 2. The van der Waals surface area contributed by atoms with Gasteiger partial charge in [-0.15, -0.1) is 0 Å². The molecule has 0 aromatic carbocycles. The molecule has 74 valence electrons. The van der Waals surface area contributed by atoms with E-state index in [2.05, 4.69) is 6.92 Å². The summed E-state index contributed by atoms with van der Waals surface area (Å²) in [6, 6.07) is 0. The van der Waals surface area contributed by atoms with Gasteiger partial charge >= 0.3 is 0 Å². The second kappa shape index (κ2) is 4.45. The van der Waals surface area contributed by atoms with Crippen molar-refractivity contribution in [3.63, 3.8) is 0 Å². The van der Waals surface area contributed by atoms with Gasteiger partial charge in [0.1, 0.15) is 11.9 Å². The number of hydrogen-bond donors (Lipinski definition) is 0. The van der Waals surface area contributed by atoms with Gasteiger partial charge in [0, 0.05) is 12.0 Å². The van der Waals surface area contributed by atoms with E-state index in [9.17, 15) is 4.79 Å². The summed E-state index contributed by atoms with van der Waals surface area (Å²) < 4.78 is 5.60. The lowest BCUT2D eigenvalue weighted by Crippen LogP contribution is -2.06. The minimum atomic E-state index is 0.163. The van der Waals surface area contributed by atoms with Crippen LogP contribution >= 0.6 is 0 Å². The third kappa shape index (κ3) is 2.58. The van der Waals surface area contributed by atoms with Crippen LogP contribution in [-0.4, -0.2) is 11.9 Å². The molecule has 13 heavy (non-hydrogen) atoms. The Morgan fingerprint density at radius 3 is 2.77 bits per heavy atom. The highest BCUT2D eigenvalue weighted by atomic mass is 16.5. The molecule has 1 atom stereocenters. The van der Waals surface area contributed by atoms with Crippen LogP contribution in [0.5, 0.6) is 0 Å². The molecule has 1 unspecified atom stereocenters. The van der Waals surface area contributed by atoms with Crippen molar-refractivity contribution >= 4 is 5.78 Å². The average Bonchev–Trinajstić information content (AvgIpc) is 2.43. The lowest BCUT2D eigenvalue weighted by atomic mass is 10.0. The smallest absolute Gasteiger partial charge is 0.159 e. The Balaban J connectivity index is 2.44. The van der Waals surface area contributed by atoms with Gasteiger partial charge in [-0.25, -0.2) is 0 Å². The van der Waals surface area contributed by atoms with Gasteiger partial charge in [0.2, 0.25) is 0 Å². The maximum atomic E-state index is 11.1. The number of carbonyl (C=O) groups excluding carboxylic acids is 1. The maximum absolute atomic E-state index is 11.1. The van der Waals surface area contributed by atoms with Crippen LogP contribution in [0.1, 0.15) is 46.5 Å². The summed E-state index contributed by atoms with van der Waals surface area (Å²) >= 11 is 0. The lowest BCUT2D eigenvalue weighted by Gasteiger charge is -2.09. The van der Waals surface area contributed by atoms with Crippen LogP contribution in [0, 0.1) is 0 Å². The summed E-state index contributed by atoms with van der Waals surface area (Å²) in [5.41, 5.74) is 0.890. The Hall–Kier alpha value is -0.790. The van der Waals surface area contributed by atoms with Gasteiger partial charge in [0.05, 0.1) is 0 Å². The number of carbonyl (C=O) groups is 1. The van der Waals surface area contributed by atoms with Crippen LogP contribution in [0.15, 0.2) is 11.3 Å². The Labute approximate surface area is 80.0 Å². The zero-order valence-electron chi connectivity index (χ0n) is 8.72. The summed E-state index contributed by atoms with van der Waals surface area (Å²) in [5, 5.41) is 0. The lowest BCUT2D eigenvalue weighted by molar-refractivity contribution is -0.113. The molecule has 0 aliphatic carbocycles. The Bertz CT molecular complexity index is 228. The molecule has 0 fully saturated rings. The highest BCUT2D eigenvalue weighted by Crippen LogP contribution is 2.28. The Kier molecular flexibility index (Phi) is 3.52. The zero-order chi connectivity index (χ0) is 9.84. The zero-order valence-corrected chi connectivity index (χ0v) is 8.72. The summed E-state index contributed by atoms with van der Waals surface area (Å²) in [6.45, 7) is 5.67. The SMILES string of the molecule is CCCCC1CC(C(C)=O)=C(C)O1. The van der Waals surface area contributed by atoms with Crippen molar-refractivity contribution in [2.75, 3.05) is 0 Å². The van der Waals surface area contributed by atoms with Gasteiger partial charge < -0.3 is 4.74 Å². The monoisotopic (exact) mass is 182 g/mol. The maximum Gasteiger partial charge on any atom is 0.159 e. The minimum absolute atomic E-state index is 0.163. The second-order valence-electron chi connectivity index (χ2n) is 3.68. The molecule has 0 amide bonds. The van der Waals surface area contributed by atoms with E-state index in [1.807, 2.05) is 6.92 Å². The predicted octanol–water partition coefficient (Wildman–Crippen LogP) is 2.83. The van der Waals surface area contributed by atoms with Crippen LogP contribution in [0.2, 0.25) is 0 Å². The molecule has 0 aromatic heterocycles. The van der Waals surface area contributed by atoms with E-state index in [-0.39, 0.29) is 11.9 Å². The highest BCUT2D eigenvalue weighted by molar-refractivity contribution is 5.94. The van der Waals surface area contributed by atoms with Crippen molar-refractivity contribution in [3.8, 4) is 0 Å². The number of ketones is 1. The molecule has 0 spiro atoms. The molecule has 1 aliphatic rings. The number of rotatable bonds is 4. The Morgan fingerprint density at radius 1 is 1.62 bits per heavy atom. The topological polar surface area (TPSA) is 26.3 Å². The van der Waals surface area contributed by atoms with Crippen LogP contribution in [0.3, 0.4) is 0 Å². The molecular weight excluding hydrogens is 164 g/mol. The van der Waals surface area contributed by atoms with Crippen LogP contribution in [0.25, 0.3) is 0 Å². The van der Waals surface area contributed by atoms with Crippen molar-refractivity contribution in [2.45, 2.75) is 52.6 Å². The first kappa shape index (κ1) is 10.3. The number of Topliss-reactive ketones (excluding diaryl/α,β-unsaturated/α-hetero) is 1. The molecule has 0 radical (unpaired) electrons. The van der Waals surface area contributed by atoms with E-state index in [4.69, 9.17) is 4.74 Å². The van der Waals surface area contributed by atoms with Gasteiger partial charge in [0.15, 0.2) is 5.78 Å². The van der Waals surface area contributed by atoms with Gasteiger partial charge in [-0.2, -0.15) is 0 Å². The minimum Gasteiger partial charge on any atom is -0.494 e. The fourth-order valence-electron chi connectivity index (χ4n) is 1.72. The van der Waals surface area contributed by atoms with E-state index in [0.29, 0.717) is 0 Å². The van der Waals surface area contributed by atoms with Crippen molar-refractivity contribution in [2.24, 2.45) is 0 Å². The van der Waals surface area contributed by atoms with E-state index >= 15 is 0 Å². The van der Waals surface area contributed by atoms with Gasteiger partial charge in [-0.05, 0) is 20.3 Å². The molecular formula is C11H18O2. The molecule has 1 rings (SSSR count). The summed E-state index contributed by atoms with van der Waals surface area (Å²) in [6.07, 6.45) is 4.53. The summed E-state index contributed by atoms with van der Waals surface area (Å²) in [4.78, 5) is 11.1. The van der Waals surface area contributed by atoms with Crippen LogP contribution in [0.4, 0.5) is 0 Å². The second-order valence-corrected chi connectivity index (χ2v) is 3.68. The Morgan fingerprint density at radius 2 is 2.31 bits per heavy atom. The molecule has 1 aliphatic heterocycles. The average molecular weight is 182 g/mol. The predicted molar refractivity (Wildman–Crippen MR) is 52.4 cm³/mol. The molecule has 0 bridgehead atoms. The van der Waals surface area contributed by atoms with Gasteiger partial charge in [-0.3, -0.25) is 4.79 Å². The quantitative estimate of drug-likeness (QED) is 0.668.